The normalized spacial score (nSPS) is 13.7. The first kappa shape index (κ1) is 23.5. The van der Waals surface area contributed by atoms with Crippen LogP contribution in [0.15, 0.2) is 77.7 Å². The molecule has 0 aromatic heterocycles. The molecule has 0 spiro atoms. The highest BCUT2D eigenvalue weighted by molar-refractivity contribution is 7.92. The number of anilines is 3. The average Bonchev–Trinajstić information content (AvgIpc) is 3.25. The maximum atomic E-state index is 13.5. The summed E-state index contributed by atoms with van der Waals surface area (Å²) in [5, 5.41) is 2.78. The van der Waals surface area contributed by atoms with E-state index in [1.54, 1.807) is 53.4 Å². The summed E-state index contributed by atoms with van der Waals surface area (Å²) in [4.78, 5) is 26.7. The Kier molecular flexibility index (Phi) is 6.70. The average molecular weight is 478 g/mol. The molecule has 0 saturated carbocycles. The van der Waals surface area contributed by atoms with Gasteiger partial charge in [-0.2, -0.15) is 0 Å². The van der Waals surface area contributed by atoms with Gasteiger partial charge in [-0.1, -0.05) is 35.9 Å². The number of hydrogen-bond acceptors (Lipinski definition) is 4. The minimum Gasteiger partial charge on any atom is -0.325 e. The zero-order valence-electron chi connectivity index (χ0n) is 19.2. The summed E-state index contributed by atoms with van der Waals surface area (Å²) in [5.41, 5.74) is 3.51. The van der Waals surface area contributed by atoms with Gasteiger partial charge in [0.05, 0.1) is 10.6 Å². The van der Waals surface area contributed by atoms with E-state index < -0.39 is 15.9 Å². The smallest absolute Gasteiger partial charge is 0.264 e. The Labute approximate surface area is 200 Å². The predicted octanol–water partition coefficient (Wildman–Crippen LogP) is 4.26. The minimum atomic E-state index is -3.97. The predicted molar refractivity (Wildman–Crippen MR) is 134 cm³/mol. The second kappa shape index (κ2) is 9.69. The van der Waals surface area contributed by atoms with Gasteiger partial charge >= 0.3 is 0 Å². The fourth-order valence-corrected chi connectivity index (χ4v) is 5.59. The molecular formula is C26H27N3O4S. The lowest BCUT2D eigenvalue weighted by molar-refractivity contribution is -0.117. The van der Waals surface area contributed by atoms with Gasteiger partial charge in [-0.25, -0.2) is 8.42 Å². The van der Waals surface area contributed by atoms with Crippen molar-refractivity contribution in [1.82, 2.24) is 0 Å². The molecule has 2 amide bonds. The third kappa shape index (κ3) is 4.97. The highest BCUT2D eigenvalue weighted by atomic mass is 32.2. The van der Waals surface area contributed by atoms with Crippen LogP contribution in [0.25, 0.3) is 0 Å². The molecule has 1 fully saturated rings. The molecule has 4 rings (SSSR count). The van der Waals surface area contributed by atoms with Crippen molar-refractivity contribution in [2.75, 3.05) is 27.6 Å². The molecule has 3 aromatic rings. The Balaban J connectivity index is 1.57. The van der Waals surface area contributed by atoms with Crippen molar-refractivity contribution in [3.8, 4) is 0 Å². The zero-order chi connectivity index (χ0) is 24.3. The molecule has 1 saturated heterocycles. The van der Waals surface area contributed by atoms with Gasteiger partial charge in [0, 0.05) is 24.3 Å². The first-order valence-electron chi connectivity index (χ1n) is 11.1. The third-order valence-corrected chi connectivity index (χ3v) is 7.55. The molecule has 8 heteroatoms. The molecule has 1 aliphatic heterocycles. The minimum absolute atomic E-state index is 0.0898. The van der Waals surface area contributed by atoms with Crippen molar-refractivity contribution in [2.24, 2.45) is 0 Å². The lowest BCUT2D eigenvalue weighted by atomic mass is 10.1. The van der Waals surface area contributed by atoms with E-state index in [9.17, 15) is 18.0 Å². The van der Waals surface area contributed by atoms with Crippen LogP contribution in [0, 0.1) is 13.8 Å². The number of hydrogen-bond donors (Lipinski definition) is 1. The van der Waals surface area contributed by atoms with Crippen molar-refractivity contribution >= 4 is 38.9 Å². The Hall–Kier alpha value is -3.65. The third-order valence-electron chi connectivity index (χ3n) is 5.78. The second-order valence-corrected chi connectivity index (χ2v) is 10.2. The zero-order valence-corrected chi connectivity index (χ0v) is 20.0. The molecule has 0 atom stereocenters. The first-order valence-corrected chi connectivity index (χ1v) is 12.5. The quantitative estimate of drug-likeness (QED) is 0.551. The van der Waals surface area contributed by atoms with E-state index in [-0.39, 0.29) is 17.3 Å². The van der Waals surface area contributed by atoms with Gasteiger partial charge in [0.25, 0.3) is 10.0 Å². The number of carbonyl (C=O) groups is 2. The molecule has 3 aromatic carbocycles. The van der Waals surface area contributed by atoms with Crippen LogP contribution in [0.2, 0.25) is 0 Å². The standard InChI is InChI=1S/C26H27N3O4S/c1-19-10-15-24(20(2)17-19)29(34(32,33)23-7-4-3-5-8-23)18-25(30)27-21-11-13-22(14-12-21)28-16-6-9-26(28)31/h3-5,7-8,10-15,17H,6,9,16,18H2,1-2H3,(H,27,30). The van der Waals surface area contributed by atoms with E-state index >= 15 is 0 Å². The van der Waals surface area contributed by atoms with Crippen LogP contribution in [0.1, 0.15) is 24.0 Å². The molecule has 176 valence electrons. The molecule has 0 unspecified atom stereocenters. The molecule has 1 aliphatic rings. The Morgan fingerprint density at radius 1 is 1.00 bits per heavy atom. The number of nitrogens with zero attached hydrogens (tertiary/aromatic N) is 2. The maximum absolute atomic E-state index is 13.5. The molecule has 1 N–H and O–H groups in total. The van der Waals surface area contributed by atoms with Gasteiger partial charge in [0.1, 0.15) is 6.54 Å². The highest BCUT2D eigenvalue weighted by Crippen LogP contribution is 2.28. The Morgan fingerprint density at radius 2 is 1.71 bits per heavy atom. The van der Waals surface area contributed by atoms with Crippen LogP contribution in [0.4, 0.5) is 17.1 Å². The molecule has 34 heavy (non-hydrogen) atoms. The number of benzene rings is 3. The number of carbonyl (C=O) groups excluding carboxylic acids is 2. The molecule has 0 aliphatic carbocycles. The summed E-state index contributed by atoms with van der Waals surface area (Å²) in [7, 11) is -3.97. The summed E-state index contributed by atoms with van der Waals surface area (Å²) in [6.07, 6.45) is 1.38. The van der Waals surface area contributed by atoms with E-state index in [1.807, 2.05) is 26.0 Å². The maximum Gasteiger partial charge on any atom is 0.264 e. The number of amides is 2. The van der Waals surface area contributed by atoms with Gasteiger partial charge in [0.2, 0.25) is 11.8 Å². The summed E-state index contributed by atoms with van der Waals surface area (Å²) >= 11 is 0. The number of aryl methyl sites for hydroxylation is 2. The van der Waals surface area contributed by atoms with Gasteiger partial charge in [-0.15, -0.1) is 0 Å². The van der Waals surface area contributed by atoms with Crippen molar-refractivity contribution in [3.05, 3.63) is 83.9 Å². The van der Waals surface area contributed by atoms with Crippen LogP contribution >= 0.6 is 0 Å². The molecular weight excluding hydrogens is 450 g/mol. The van der Waals surface area contributed by atoms with Crippen molar-refractivity contribution < 1.29 is 18.0 Å². The van der Waals surface area contributed by atoms with Crippen molar-refractivity contribution in [3.63, 3.8) is 0 Å². The summed E-state index contributed by atoms with van der Waals surface area (Å²) < 4.78 is 28.1. The summed E-state index contributed by atoms with van der Waals surface area (Å²) in [5.74, 6) is -0.378. The lowest BCUT2D eigenvalue weighted by Crippen LogP contribution is -2.38. The van der Waals surface area contributed by atoms with Gasteiger partial charge in [-0.3, -0.25) is 13.9 Å². The SMILES string of the molecule is Cc1ccc(N(CC(=O)Nc2ccc(N3CCCC3=O)cc2)S(=O)(=O)c2ccccc2)c(C)c1. The van der Waals surface area contributed by atoms with Crippen LogP contribution in [-0.2, 0) is 19.6 Å². The first-order chi connectivity index (χ1) is 16.3. The second-order valence-electron chi connectivity index (χ2n) is 8.36. The molecule has 7 nitrogen and oxygen atoms in total. The van der Waals surface area contributed by atoms with E-state index in [1.165, 1.54) is 12.1 Å². The largest absolute Gasteiger partial charge is 0.325 e. The van der Waals surface area contributed by atoms with E-state index in [4.69, 9.17) is 0 Å². The van der Waals surface area contributed by atoms with Crippen LogP contribution < -0.4 is 14.5 Å². The van der Waals surface area contributed by atoms with E-state index in [0.29, 0.717) is 24.3 Å². The highest BCUT2D eigenvalue weighted by Gasteiger charge is 2.28. The van der Waals surface area contributed by atoms with Crippen molar-refractivity contribution in [2.45, 2.75) is 31.6 Å². The van der Waals surface area contributed by atoms with Gasteiger partial charge < -0.3 is 10.2 Å². The molecule has 0 bridgehead atoms. The van der Waals surface area contributed by atoms with Crippen molar-refractivity contribution in [1.29, 1.82) is 0 Å². The lowest BCUT2D eigenvalue weighted by Gasteiger charge is -2.26. The topological polar surface area (TPSA) is 86.8 Å². The fraction of sp³-hybridized carbons (Fsp3) is 0.231. The van der Waals surface area contributed by atoms with Crippen LogP contribution in [0.3, 0.4) is 0 Å². The summed E-state index contributed by atoms with van der Waals surface area (Å²) in [6.45, 7) is 4.06. The number of nitrogens with one attached hydrogen (secondary N) is 1. The van der Waals surface area contributed by atoms with Crippen LogP contribution in [-0.4, -0.2) is 33.3 Å². The summed E-state index contributed by atoms with van der Waals surface area (Å²) in [6, 6.07) is 20.5. The van der Waals surface area contributed by atoms with Gasteiger partial charge in [-0.05, 0) is 68.3 Å². The van der Waals surface area contributed by atoms with Crippen LogP contribution in [0.5, 0.6) is 0 Å². The fourth-order valence-electron chi connectivity index (χ4n) is 4.08. The molecule has 0 radical (unpaired) electrons. The Bertz CT molecular complexity index is 1310. The monoisotopic (exact) mass is 477 g/mol. The number of sulfonamides is 1. The Morgan fingerprint density at radius 3 is 2.32 bits per heavy atom. The van der Waals surface area contributed by atoms with E-state index in [2.05, 4.69) is 5.32 Å². The number of rotatable bonds is 7. The van der Waals surface area contributed by atoms with Gasteiger partial charge in [0.15, 0.2) is 0 Å². The molecule has 1 heterocycles. The van der Waals surface area contributed by atoms with E-state index in [0.717, 1.165) is 27.5 Å².